The lowest BCUT2D eigenvalue weighted by Gasteiger charge is -1.93. The average Bonchev–Trinajstić information content (AvgIpc) is 2.49. The first-order valence-corrected chi connectivity index (χ1v) is 4.67. The standard InChI is InChI=1S/C10H12N4O2/c1-6-8(4-3-5-12-14-11)13-7(2)9(6)10(15)16/h3-4,13H,5H2,1-2H3,(H,15,16). The summed E-state index contributed by atoms with van der Waals surface area (Å²) >= 11 is 0. The van der Waals surface area contributed by atoms with Gasteiger partial charge in [-0.25, -0.2) is 4.79 Å². The van der Waals surface area contributed by atoms with Crippen LogP contribution < -0.4 is 0 Å². The third-order valence-corrected chi connectivity index (χ3v) is 2.22. The van der Waals surface area contributed by atoms with Crippen molar-refractivity contribution in [3.05, 3.63) is 39.0 Å². The Morgan fingerprint density at radius 1 is 1.62 bits per heavy atom. The maximum Gasteiger partial charge on any atom is 0.337 e. The smallest absolute Gasteiger partial charge is 0.337 e. The van der Waals surface area contributed by atoms with E-state index in [2.05, 4.69) is 15.0 Å². The van der Waals surface area contributed by atoms with E-state index in [1.54, 1.807) is 26.0 Å². The Bertz CT molecular complexity index is 481. The van der Waals surface area contributed by atoms with Gasteiger partial charge in [0, 0.05) is 22.8 Å². The molecule has 0 unspecified atom stereocenters. The molecule has 0 fully saturated rings. The zero-order chi connectivity index (χ0) is 12.1. The summed E-state index contributed by atoms with van der Waals surface area (Å²) in [7, 11) is 0. The number of carboxylic acid groups (broad SMARTS) is 1. The fourth-order valence-electron chi connectivity index (χ4n) is 1.52. The Hall–Kier alpha value is -2.20. The molecule has 1 rings (SSSR count). The number of hydrogen-bond acceptors (Lipinski definition) is 2. The van der Waals surface area contributed by atoms with Gasteiger partial charge in [0.2, 0.25) is 0 Å². The number of carbonyl (C=O) groups is 1. The second kappa shape index (κ2) is 5.04. The van der Waals surface area contributed by atoms with Crippen LogP contribution >= 0.6 is 0 Å². The lowest BCUT2D eigenvalue weighted by Crippen LogP contribution is -1.98. The topological polar surface area (TPSA) is 102 Å². The summed E-state index contributed by atoms with van der Waals surface area (Å²) in [6.45, 7) is 3.69. The Balaban J connectivity index is 2.99. The van der Waals surface area contributed by atoms with E-state index in [0.717, 1.165) is 5.69 Å². The zero-order valence-corrected chi connectivity index (χ0v) is 9.06. The predicted molar refractivity (Wildman–Crippen MR) is 60.3 cm³/mol. The Morgan fingerprint density at radius 2 is 2.31 bits per heavy atom. The number of aromatic amines is 1. The molecule has 0 aliphatic heterocycles. The summed E-state index contributed by atoms with van der Waals surface area (Å²) in [4.78, 5) is 16.5. The molecule has 1 aromatic rings. The number of nitrogens with zero attached hydrogens (tertiary/aromatic N) is 3. The van der Waals surface area contributed by atoms with Crippen LogP contribution in [0.2, 0.25) is 0 Å². The molecule has 0 saturated heterocycles. The number of aryl methyl sites for hydroxylation is 1. The van der Waals surface area contributed by atoms with Gasteiger partial charge in [-0.3, -0.25) is 0 Å². The van der Waals surface area contributed by atoms with Crippen LogP contribution in [0.4, 0.5) is 0 Å². The number of carboxylic acids is 1. The van der Waals surface area contributed by atoms with Gasteiger partial charge in [-0.2, -0.15) is 0 Å². The van der Waals surface area contributed by atoms with E-state index in [9.17, 15) is 4.79 Å². The summed E-state index contributed by atoms with van der Waals surface area (Å²) in [5.41, 5.74) is 10.4. The Kier molecular flexibility index (Phi) is 3.74. The fraction of sp³-hybridized carbons (Fsp3) is 0.300. The van der Waals surface area contributed by atoms with Crippen LogP contribution in [0, 0.1) is 13.8 Å². The van der Waals surface area contributed by atoms with E-state index in [1.807, 2.05) is 0 Å². The van der Waals surface area contributed by atoms with Gasteiger partial charge < -0.3 is 10.1 Å². The highest BCUT2D eigenvalue weighted by Gasteiger charge is 2.15. The first kappa shape index (κ1) is 11.9. The molecular weight excluding hydrogens is 208 g/mol. The van der Waals surface area contributed by atoms with Gasteiger partial charge in [-0.05, 0) is 31.0 Å². The maximum atomic E-state index is 10.9. The lowest BCUT2D eigenvalue weighted by atomic mass is 10.1. The molecule has 1 aromatic heterocycles. The fourth-order valence-corrected chi connectivity index (χ4v) is 1.52. The summed E-state index contributed by atoms with van der Waals surface area (Å²) in [6.07, 6.45) is 3.38. The van der Waals surface area contributed by atoms with Crippen LogP contribution in [0.3, 0.4) is 0 Å². The Morgan fingerprint density at radius 3 is 2.81 bits per heavy atom. The van der Waals surface area contributed by atoms with Gasteiger partial charge in [0.25, 0.3) is 0 Å². The van der Waals surface area contributed by atoms with Crippen molar-refractivity contribution >= 4 is 12.0 Å². The zero-order valence-electron chi connectivity index (χ0n) is 9.06. The molecule has 0 aliphatic rings. The molecule has 0 radical (unpaired) electrons. The van der Waals surface area contributed by atoms with Gasteiger partial charge >= 0.3 is 5.97 Å². The van der Waals surface area contributed by atoms with E-state index in [1.165, 1.54) is 0 Å². The molecule has 6 heteroatoms. The molecule has 2 N–H and O–H groups in total. The van der Waals surface area contributed by atoms with Crippen LogP contribution in [-0.2, 0) is 0 Å². The summed E-state index contributed by atoms with van der Waals surface area (Å²) < 4.78 is 0. The van der Waals surface area contributed by atoms with Crippen LogP contribution in [0.15, 0.2) is 11.2 Å². The van der Waals surface area contributed by atoms with Gasteiger partial charge in [0.1, 0.15) is 0 Å². The van der Waals surface area contributed by atoms with E-state index in [-0.39, 0.29) is 6.54 Å². The third-order valence-electron chi connectivity index (χ3n) is 2.22. The normalized spacial score (nSPS) is 10.4. The van der Waals surface area contributed by atoms with E-state index < -0.39 is 5.97 Å². The molecule has 84 valence electrons. The number of rotatable bonds is 4. The third kappa shape index (κ3) is 2.43. The SMILES string of the molecule is Cc1[nH]c(C=CCN=[N+]=[N-])c(C)c1C(=O)O. The largest absolute Gasteiger partial charge is 0.478 e. The van der Waals surface area contributed by atoms with Crippen LogP contribution in [0.5, 0.6) is 0 Å². The van der Waals surface area contributed by atoms with E-state index >= 15 is 0 Å². The number of aromatic nitrogens is 1. The molecule has 6 nitrogen and oxygen atoms in total. The van der Waals surface area contributed by atoms with Crippen LogP contribution in [-0.4, -0.2) is 22.6 Å². The highest BCUT2D eigenvalue weighted by molar-refractivity contribution is 5.92. The van der Waals surface area contributed by atoms with Crippen molar-refractivity contribution < 1.29 is 9.90 Å². The molecule has 1 heterocycles. The number of H-pyrrole nitrogens is 1. The average molecular weight is 220 g/mol. The van der Waals surface area contributed by atoms with E-state index in [4.69, 9.17) is 10.6 Å². The van der Waals surface area contributed by atoms with Crippen molar-refractivity contribution in [2.75, 3.05) is 6.54 Å². The van der Waals surface area contributed by atoms with Gasteiger partial charge in [0.15, 0.2) is 0 Å². The van der Waals surface area contributed by atoms with Gasteiger partial charge in [0.05, 0.1) is 5.56 Å². The number of azide groups is 1. The van der Waals surface area contributed by atoms with Gasteiger partial charge in [-0.1, -0.05) is 11.2 Å². The van der Waals surface area contributed by atoms with E-state index in [0.29, 0.717) is 16.8 Å². The molecule has 0 aliphatic carbocycles. The summed E-state index contributed by atoms with van der Waals surface area (Å²) in [6, 6.07) is 0. The van der Waals surface area contributed by atoms with Crippen molar-refractivity contribution in [2.24, 2.45) is 5.11 Å². The first-order valence-electron chi connectivity index (χ1n) is 4.67. The van der Waals surface area contributed by atoms with Crippen molar-refractivity contribution in [2.45, 2.75) is 13.8 Å². The minimum atomic E-state index is -0.944. The maximum absolute atomic E-state index is 10.9. The second-order valence-corrected chi connectivity index (χ2v) is 3.28. The minimum Gasteiger partial charge on any atom is -0.478 e. The Labute approximate surface area is 92.2 Å². The molecule has 0 spiro atoms. The number of hydrogen-bond donors (Lipinski definition) is 2. The molecule has 0 amide bonds. The summed E-state index contributed by atoms with van der Waals surface area (Å²) in [5.74, 6) is -0.944. The molecule has 16 heavy (non-hydrogen) atoms. The predicted octanol–water partition coefficient (Wildman–Crippen LogP) is 2.65. The molecule has 0 atom stereocenters. The quantitative estimate of drug-likeness (QED) is 0.462. The highest BCUT2D eigenvalue weighted by Crippen LogP contribution is 2.18. The molecule has 0 bridgehead atoms. The number of nitrogens with one attached hydrogen (secondary N) is 1. The lowest BCUT2D eigenvalue weighted by molar-refractivity contribution is 0.0695. The molecule has 0 saturated carbocycles. The first-order chi connectivity index (χ1) is 7.57. The van der Waals surface area contributed by atoms with Crippen molar-refractivity contribution in [3.63, 3.8) is 0 Å². The van der Waals surface area contributed by atoms with Crippen molar-refractivity contribution in [3.8, 4) is 0 Å². The van der Waals surface area contributed by atoms with Gasteiger partial charge in [-0.15, -0.1) is 0 Å². The second-order valence-electron chi connectivity index (χ2n) is 3.28. The monoisotopic (exact) mass is 220 g/mol. The van der Waals surface area contributed by atoms with Crippen LogP contribution in [0.25, 0.3) is 16.5 Å². The minimum absolute atomic E-state index is 0.246. The molecular formula is C10H12N4O2. The highest BCUT2D eigenvalue weighted by atomic mass is 16.4. The van der Waals surface area contributed by atoms with Crippen LogP contribution in [0.1, 0.15) is 27.3 Å². The van der Waals surface area contributed by atoms with Crippen molar-refractivity contribution in [1.82, 2.24) is 4.98 Å². The molecule has 0 aromatic carbocycles. The van der Waals surface area contributed by atoms with Crippen molar-refractivity contribution in [1.29, 1.82) is 0 Å². The summed E-state index contributed by atoms with van der Waals surface area (Å²) in [5, 5.41) is 12.3. The number of aromatic carboxylic acids is 1.